The number of pyridine rings is 1. The molecule has 5 heteroatoms. The molecule has 21 heavy (non-hydrogen) atoms. The van der Waals surface area contributed by atoms with Crippen molar-refractivity contribution < 1.29 is 4.92 Å². The summed E-state index contributed by atoms with van der Waals surface area (Å²) in [6.07, 6.45) is 1.94. The van der Waals surface area contributed by atoms with E-state index in [0.717, 1.165) is 36.3 Å². The van der Waals surface area contributed by atoms with Crippen LogP contribution in [0.1, 0.15) is 12.1 Å². The standard InChI is InChI=1S/C16H19N3O2/c1-18(2)11-5-8-14-7-4-10-16(17-14)13-6-3-9-15(12-13)19(20)21/h3-4,6-7,9-10,12H,5,8,11H2,1-2H3. The molecule has 110 valence electrons. The van der Waals surface area contributed by atoms with Crippen LogP contribution in [0.4, 0.5) is 5.69 Å². The van der Waals surface area contributed by atoms with E-state index in [2.05, 4.69) is 9.88 Å². The minimum Gasteiger partial charge on any atom is -0.309 e. The smallest absolute Gasteiger partial charge is 0.270 e. The number of hydrogen-bond donors (Lipinski definition) is 0. The Kier molecular flexibility index (Phi) is 5.00. The number of nitro groups is 1. The Morgan fingerprint density at radius 3 is 2.67 bits per heavy atom. The molecule has 5 nitrogen and oxygen atoms in total. The van der Waals surface area contributed by atoms with Gasteiger partial charge in [0, 0.05) is 23.4 Å². The summed E-state index contributed by atoms with van der Waals surface area (Å²) >= 11 is 0. The second kappa shape index (κ2) is 6.95. The first kappa shape index (κ1) is 15.1. The molecule has 2 rings (SSSR count). The molecule has 0 amide bonds. The Morgan fingerprint density at radius 2 is 1.95 bits per heavy atom. The Bertz CT molecular complexity index is 626. The van der Waals surface area contributed by atoms with Crippen molar-refractivity contribution in [2.24, 2.45) is 0 Å². The van der Waals surface area contributed by atoms with Gasteiger partial charge in [0.1, 0.15) is 0 Å². The Balaban J connectivity index is 2.17. The van der Waals surface area contributed by atoms with Crippen molar-refractivity contribution >= 4 is 5.69 Å². The molecule has 0 aliphatic heterocycles. The van der Waals surface area contributed by atoms with Crippen LogP contribution < -0.4 is 0 Å². The largest absolute Gasteiger partial charge is 0.309 e. The zero-order valence-electron chi connectivity index (χ0n) is 12.3. The van der Waals surface area contributed by atoms with Gasteiger partial charge in [0.2, 0.25) is 0 Å². The van der Waals surface area contributed by atoms with Crippen LogP contribution in [0.25, 0.3) is 11.3 Å². The summed E-state index contributed by atoms with van der Waals surface area (Å²) in [5.41, 5.74) is 2.66. The highest BCUT2D eigenvalue weighted by Crippen LogP contribution is 2.22. The van der Waals surface area contributed by atoms with E-state index in [1.54, 1.807) is 12.1 Å². The summed E-state index contributed by atoms with van der Waals surface area (Å²) < 4.78 is 0. The second-order valence-corrected chi connectivity index (χ2v) is 5.23. The number of nitrogens with zero attached hydrogens (tertiary/aromatic N) is 3. The molecular formula is C16H19N3O2. The molecule has 0 fully saturated rings. The highest BCUT2D eigenvalue weighted by atomic mass is 16.6. The minimum atomic E-state index is -0.384. The first-order valence-electron chi connectivity index (χ1n) is 6.92. The lowest BCUT2D eigenvalue weighted by Crippen LogP contribution is -2.13. The number of nitro benzene ring substituents is 1. The number of aromatic nitrogens is 1. The fourth-order valence-electron chi connectivity index (χ4n) is 2.13. The van der Waals surface area contributed by atoms with Crippen molar-refractivity contribution in [3.63, 3.8) is 0 Å². The summed E-state index contributed by atoms with van der Waals surface area (Å²) in [6.45, 7) is 1.02. The van der Waals surface area contributed by atoms with Crippen LogP contribution in [0.3, 0.4) is 0 Å². The molecule has 2 aromatic rings. The topological polar surface area (TPSA) is 59.3 Å². The fraction of sp³-hybridized carbons (Fsp3) is 0.312. The summed E-state index contributed by atoms with van der Waals surface area (Å²) in [4.78, 5) is 17.2. The molecule has 0 radical (unpaired) electrons. The van der Waals surface area contributed by atoms with Crippen molar-refractivity contribution in [3.05, 3.63) is 58.3 Å². The van der Waals surface area contributed by atoms with E-state index in [1.807, 2.05) is 38.4 Å². The molecule has 0 spiro atoms. The predicted octanol–water partition coefficient (Wildman–Crippen LogP) is 3.15. The average Bonchev–Trinajstić information content (AvgIpc) is 2.47. The van der Waals surface area contributed by atoms with Crippen LogP contribution >= 0.6 is 0 Å². The summed E-state index contributed by atoms with van der Waals surface area (Å²) in [6, 6.07) is 12.4. The summed E-state index contributed by atoms with van der Waals surface area (Å²) in [5, 5.41) is 10.8. The van der Waals surface area contributed by atoms with Gasteiger partial charge in [-0.15, -0.1) is 0 Å². The SMILES string of the molecule is CN(C)CCCc1cccc(-c2cccc([N+](=O)[O-])c2)n1. The highest BCUT2D eigenvalue weighted by Gasteiger charge is 2.08. The van der Waals surface area contributed by atoms with Gasteiger partial charge in [0.15, 0.2) is 0 Å². The van der Waals surface area contributed by atoms with Gasteiger partial charge >= 0.3 is 0 Å². The summed E-state index contributed by atoms with van der Waals surface area (Å²) in [5.74, 6) is 0. The average molecular weight is 285 g/mol. The van der Waals surface area contributed by atoms with Crippen LogP contribution in [0, 0.1) is 10.1 Å². The molecule has 0 N–H and O–H groups in total. The number of non-ortho nitro benzene ring substituents is 1. The number of aryl methyl sites for hydroxylation is 1. The second-order valence-electron chi connectivity index (χ2n) is 5.23. The third-order valence-electron chi connectivity index (χ3n) is 3.20. The van der Waals surface area contributed by atoms with Crippen LogP contribution in [0.2, 0.25) is 0 Å². The fourth-order valence-corrected chi connectivity index (χ4v) is 2.13. The van der Waals surface area contributed by atoms with Crippen molar-refractivity contribution in [1.29, 1.82) is 0 Å². The monoisotopic (exact) mass is 285 g/mol. The van der Waals surface area contributed by atoms with E-state index in [0.29, 0.717) is 0 Å². The third-order valence-corrected chi connectivity index (χ3v) is 3.20. The van der Waals surface area contributed by atoms with E-state index >= 15 is 0 Å². The molecule has 0 aliphatic carbocycles. The van der Waals surface area contributed by atoms with Crippen LogP contribution in [0.5, 0.6) is 0 Å². The van der Waals surface area contributed by atoms with Gasteiger partial charge in [-0.3, -0.25) is 15.1 Å². The van der Waals surface area contributed by atoms with Crippen LogP contribution in [-0.4, -0.2) is 35.4 Å². The van der Waals surface area contributed by atoms with E-state index in [9.17, 15) is 10.1 Å². The van der Waals surface area contributed by atoms with Crippen molar-refractivity contribution in [1.82, 2.24) is 9.88 Å². The van der Waals surface area contributed by atoms with Gasteiger partial charge in [-0.2, -0.15) is 0 Å². The van der Waals surface area contributed by atoms with Gasteiger partial charge in [0.25, 0.3) is 5.69 Å². The zero-order valence-corrected chi connectivity index (χ0v) is 12.3. The predicted molar refractivity (Wildman–Crippen MR) is 83.2 cm³/mol. The molecule has 0 bridgehead atoms. The van der Waals surface area contributed by atoms with Crippen molar-refractivity contribution in [2.75, 3.05) is 20.6 Å². The quantitative estimate of drug-likeness (QED) is 0.604. The third kappa shape index (κ3) is 4.36. The molecule has 0 atom stereocenters. The van der Waals surface area contributed by atoms with Crippen LogP contribution in [-0.2, 0) is 6.42 Å². The van der Waals surface area contributed by atoms with Crippen LogP contribution in [0.15, 0.2) is 42.5 Å². The molecule has 1 aromatic carbocycles. The van der Waals surface area contributed by atoms with Gasteiger partial charge < -0.3 is 4.90 Å². The number of benzene rings is 1. The van der Waals surface area contributed by atoms with E-state index in [4.69, 9.17) is 0 Å². The van der Waals surface area contributed by atoms with Gasteiger partial charge in [-0.25, -0.2) is 0 Å². The maximum atomic E-state index is 10.8. The van der Waals surface area contributed by atoms with Gasteiger partial charge in [-0.05, 0) is 45.6 Å². The molecule has 1 aromatic heterocycles. The maximum absolute atomic E-state index is 10.8. The van der Waals surface area contributed by atoms with Crippen molar-refractivity contribution in [2.45, 2.75) is 12.8 Å². The lowest BCUT2D eigenvalue weighted by molar-refractivity contribution is -0.384. The molecule has 0 unspecified atom stereocenters. The molecule has 0 saturated carbocycles. The first-order chi connectivity index (χ1) is 10.1. The Morgan fingerprint density at radius 1 is 1.19 bits per heavy atom. The Hall–Kier alpha value is -2.27. The maximum Gasteiger partial charge on any atom is 0.270 e. The normalized spacial score (nSPS) is 10.8. The lowest BCUT2D eigenvalue weighted by atomic mass is 10.1. The van der Waals surface area contributed by atoms with E-state index in [1.165, 1.54) is 6.07 Å². The summed E-state index contributed by atoms with van der Waals surface area (Å²) in [7, 11) is 4.10. The zero-order chi connectivity index (χ0) is 15.2. The minimum absolute atomic E-state index is 0.0901. The van der Waals surface area contributed by atoms with E-state index < -0.39 is 0 Å². The highest BCUT2D eigenvalue weighted by molar-refractivity contribution is 5.62. The number of rotatable bonds is 6. The molecule has 0 aliphatic rings. The van der Waals surface area contributed by atoms with Gasteiger partial charge in [0.05, 0.1) is 10.6 Å². The van der Waals surface area contributed by atoms with Gasteiger partial charge in [-0.1, -0.05) is 18.2 Å². The Labute approximate surface area is 124 Å². The molecule has 1 heterocycles. The molecule has 0 saturated heterocycles. The first-order valence-corrected chi connectivity index (χ1v) is 6.92. The molecular weight excluding hydrogens is 266 g/mol. The van der Waals surface area contributed by atoms with Crippen molar-refractivity contribution in [3.8, 4) is 11.3 Å². The number of hydrogen-bond acceptors (Lipinski definition) is 4. The van der Waals surface area contributed by atoms with E-state index in [-0.39, 0.29) is 10.6 Å². The lowest BCUT2D eigenvalue weighted by Gasteiger charge is -2.09.